The van der Waals surface area contributed by atoms with E-state index in [1.165, 1.54) is 6.20 Å². The molecule has 2 unspecified atom stereocenters. The van der Waals surface area contributed by atoms with Crippen molar-refractivity contribution in [3.05, 3.63) is 30.4 Å². The molecule has 0 bridgehead atoms. The monoisotopic (exact) mass is 348 g/mol. The van der Waals surface area contributed by atoms with E-state index >= 15 is 0 Å². The molecule has 0 radical (unpaired) electrons. The van der Waals surface area contributed by atoms with Crippen molar-refractivity contribution in [3.63, 3.8) is 0 Å². The number of aromatic nitrogens is 4. The SMILES string of the molecule is Cc1ccnc(N2CC3CN(S(=O)(=O)c4nccn4C)CC3C2)n1. The zero-order chi connectivity index (χ0) is 16.9. The van der Waals surface area contributed by atoms with E-state index in [-0.39, 0.29) is 5.16 Å². The van der Waals surface area contributed by atoms with Crippen molar-refractivity contribution in [1.82, 2.24) is 23.8 Å². The van der Waals surface area contributed by atoms with Gasteiger partial charge in [0.15, 0.2) is 0 Å². The largest absolute Gasteiger partial charge is 0.340 e. The van der Waals surface area contributed by atoms with Gasteiger partial charge in [-0.2, -0.15) is 4.31 Å². The number of hydrogen-bond acceptors (Lipinski definition) is 6. The Morgan fingerprint density at radius 2 is 1.79 bits per heavy atom. The average Bonchev–Trinajstić information content (AvgIpc) is 3.20. The van der Waals surface area contributed by atoms with Gasteiger partial charge in [0.05, 0.1) is 0 Å². The van der Waals surface area contributed by atoms with E-state index in [1.807, 2.05) is 13.0 Å². The summed E-state index contributed by atoms with van der Waals surface area (Å²) < 4.78 is 28.6. The minimum absolute atomic E-state index is 0.112. The van der Waals surface area contributed by atoms with Crippen molar-refractivity contribution in [2.45, 2.75) is 12.1 Å². The highest BCUT2D eigenvalue weighted by molar-refractivity contribution is 7.89. The maximum Gasteiger partial charge on any atom is 0.277 e. The van der Waals surface area contributed by atoms with Gasteiger partial charge in [0.2, 0.25) is 11.1 Å². The molecule has 2 aromatic heterocycles. The Balaban J connectivity index is 1.49. The molecule has 0 spiro atoms. The first kappa shape index (κ1) is 15.5. The Morgan fingerprint density at radius 3 is 2.38 bits per heavy atom. The van der Waals surface area contributed by atoms with Crippen LogP contribution >= 0.6 is 0 Å². The van der Waals surface area contributed by atoms with Crippen LogP contribution in [-0.2, 0) is 17.1 Å². The third kappa shape index (κ3) is 2.48. The number of sulfonamides is 1. The maximum absolute atomic E-state index is 12.7. The smallest absolute Gasteiger partial charge is 0.277 e. The van der Waals surface area contributed by atoms with Gasteiger partial charge in [0.25, 0.3) is 10.0 Å². The number of fused-ring (bicyclic) bond motifs is 1. The lowest BCUT2D eigenvalue weighted by molar-refractivity contribution is 0.443. The van der Waals surface area contributed by atoms with Gasteiger partial charge in [0, 0.05) is 57.5 Å². The molecule has 0 aliphatic carbocycles. The molecule has 128 valence electrons. The van der Waals surface area contributed by atoms with Crippen LogP contribution in [0, 0.1) is 18.8 Å². The van der Waals surface area contributed by atoms with Crippen LogP contribution in [0.15, 0.2) is 29.8 Å². The first-order valence-corrected chi connectivity index (χ1v) is 9.41. The van der Waals surface area contributed by atoms with Gasteiger partial charge in [-0.05, 0) is 24.8 Å². The van der Waals surface area contributed by atoms with Crippen molar-refractivity contribution >= 4 is 16.0 Å². The molecule has 2 aliphatic heterocycles. The van der Waals surface area contributed by atoms with E-state index in [0.29, 0.717) is 24.9 Å². The Bertz CT molecular complexity index is 850. The van der Waals surface area contributed by atoms with Crippen molar-refractivity contribution in [2.75, 3.05) is 31.1 Å². The lowest BCUT2D eigenvalue weighted by atomic mass is 10.0. The van der Waals surface area contributed by atoms with Gasteiger partial charge in [-0.1, -0.05) is 0 Å². The highest BCUT2D eigenvalue weighted by atomic mass is 32.2. The normalized spacial score (nSPS) is 24.5. The first-order valence-electron chi connectivity index (χ1n) is 7.97. The van der Waals surface area contributed by atoms with Gasteiger partial charge in [0.1, 0.15) is 0 Å². The van der Waals surface area contributed by atoms with Crippen molar-refractivity contribution in [2.24, 2.45) is 18.9 Å². The predicted octanol–water partition coefficient (Wildman–Crippen LogP) is 0.275. The Labute approximate surface area is 141 Å². The third-order valence-electron chi connectivity index (χ3n) is 4.87. The first-order chi connectivity index (χ1) is 11.4. The number of aryl methyl sites for hydroxylation is 2. The predicted molar refractivity (Wildman–Crippen MR) is 87.9 cm³/mol. The molecule has 2 aromatic rings. The highest BCUT2D eigenvalue weighted by Crippen LogP contribution is 2.35. The van der Waals surface area contributed by atoms with Crippen LogP contribution in [0.5, 0.6) is 0 Å². The summed E-state index contributed by atoms with van der Waals surface area (Å²) >= 11 is 0. The molecule has 2 fully saturated rings. The van der Waals surface area contributed by atoms with Crippen LogP contribution < -0.4 is 4.90 Å². The standard InChI is InChI=1S/C15H20N6O2S/c1-11-3-4-16-14(18-11)20-7-12-9-21(10-13(12)8-20)24(22,23)15-17-5-6-19(15)2/h3-6,12-13H,7-10H2,1-2H3. The summed E-state index contributed by atoms with van der Waals surface area (Å²) in [7, 11) is -1.82. The molecule has 2 aliphatic rings. The Hall–Kier alpha value is -2.00. The second-order valence-corrected chi connectivity index (χ2v) is 8.40. The Kier molecular flexibility index (Phi) is 3.57. The number of nitrogens with zero attached hydrogens (tertiary/aromatic N) is 6. The third-order valence-corrected chi connectivity index (χ3v) is 6.70. The minimum Gasteiger partial charge on any atom is -0.340 e. The lowest BCUT2D eigenvalue weighted by Crippen LogP contribution is -2.34. The molecular weight excluding hydrogens is 328 g/mol. The topological polar surface area (TPSA) is 84.2 Å². The molecule has 4 heterocycles. The fraction of sp³-hybridized carbons (Fsp3) is 0.533. The van der Waals surface area contributed by atoms with Crippen LogP contribution in [0.2, 0.25) is 0 Å². The number of hydrogen-bond donors (Lipinski definition) is 0. The Morgan fingerprint density at radius 1 is 1.08 bits per heavy atom. The quantitative estimate of drug-likeness (QED) is 0.792. The maximum atomic E-state index is 12.7. The van der Waals surface area contributed by atoms with Gasteiger partial charge in [-0.15, -0.1) is 0 Å². The van der Waals surface area contributed by atoms with Crippen LogP contribution in [0.4, 0.5) is 5.95 Å². The summed E-state index contributed by atoms with van der Waals surface area (Å²) in [5.74, 6) is 1.36. The zero-order valence-electron chi connectivity index (χ0n) is 13.7. The van der Waals surface area contributed by atoms with Crippen molar-refractivity contribution < 1.29 is 8.42 Å². The molecule has 2 saturated heterocycles. The van der Waals surface area contributed by atoms with Gasteiger partial charge >= 0.3 is 0 Å². The van der Waals surface area contributed by atoms with Crippen LogP contribution in [0.3, 0.4) is 0 Å². The van der Waals surface area contributed by atoms with Gasteiger partial charge in [-0.3, -0.25) is 0 Å². The van der Waals surface area contributed by atoms with E-state index in [4.69, 9.17) is 0 Å². The van der Waals surface area contributed by atoms with E-state index in [1.54, 1.807) is 28.3 Å². The summed E-state index contributed by atoms with van der Waals surface area (Å²) in [6.07, 6.45) is 4.94. The van der Waals surface area contributed by atoms with Gasteiger partial charge < -0.3 is 9.47 Å². The lowest BCUT2D eigenvalue weighted by Gasteiger charge is -2.21. The van der Waals surface area contributed by atoms with E-state index in [2.05, 4.69) is 19.9 Å². The van der Waals surface area contributed by atoms with E-state index < -0.39 is 10.0 Å². The minimum atomic E-state index is -3.52. The molecule has 9 heteroatoms. The van der Waals surface area contributed by atoms with E-state index in [0.717, 1.165) is 24.7 Å². The second kappa shape index (κ2) is 5.52. The molecule has 0 aromatic carbocycles. The molecule has 8 nitrogen and oxygen atoms in total. The summed E-state index contributed by atoms with van der Waals surface area (Å²) in [4.78, 5) is 15.0. The molecule has 0 N–H and O–H groups in total. The molecular formula is C15H20N6O2S. The average molecular weight is 348 g/mol. The number of imidazole rings is 1. The molecule has 2 atom stereocenters. The highest BCUT2D eigenvalue weighted by Gasteiger charge is 2.45. The number of rotatable bonds is 3. The number of anilines is 1. The van der Waals surface area contributed by atoms with Crippen LogP contribution in [-0.4, -0.2) is 58.4 Å². The summed E-state index contributed by atoms with van der Waals surface area (Å²) in [6, 6.07) is 1.88. The van der Waals surface area contributed by atoms with Gasteiger partial charge in [-0.25, -0.2) is 23.4 Å². The van der Waals surface area contributed by atoms with E-state index in [9.17, 15) is 8.42 Å². The van der Waals surface area contributed by atoms with Crippen molar-refractivity contribution in [3.8, 4) is 0 Å². The molecule has 0 saturated carbocycles. The zero-order valence-corrected chi connectivity index (χ0v) is 14.5. The summed E-state index contributed by atoms with van der Waals surface area (Å²) in [6.45, 7) is 4.59. The van der Waals surface area contributed by atoms with Crippen molar-refractivity contribution in [1.29, 1.82) is 0 Å². The molecule has 0 amide bonds. The summed E-state index contributed by atoms with van der Waals surface area (Å²) in [5.41, 5.74) is 0.941. The fourth-order valence-corrected chi connectivity index (χ4v) is 5.24. The molecule has 24 heavy (non-hydrogen) atoms. The second-order valence-electron chi connectivity index (χ2n) is 6.57. The van der Waals surface area contributed by atoms with Crippen LogP contribution in [0.1, 0.15) is 5.69 Å². The summed E-state index contributed by atoms with van der Waals surface area (Å²) in [5, 5.41) is 0.112. The van der Waals surface area contributed by atoms with Crippen LogP contribution in [0.25, 0.3) is 0 Å². The fourth-order valence-electron chi connectivity index (χ4n) is 3.61. The molecule has 4 rings (SSSR count).